The van der Waals surface area contributed by atoms with E-state index in [1.807, 2.05) is 36.4 Å². The average molecular weight is 390 g/mol. The highest BCUT2D eigenvalue weighted by atomic mass is 16.5. The molecule has 0 atom stereocenters. The molecule has 1 aliphatic rings. The molecular formula is C24H26N2O3. The van der Waals surface area contributed by atoms with Crippen LogP contribution < -0.4 is 10.2 Å². The molecule has 0 amide bonds. The zero-order valence-electron chi connectivity index (χ0n) is 16.5. The number of rotatable bonds is 7. The summed E-state index contributed by atoms with van der Waals surface area (Å²) in [6.07, 6.45) is 1.44. The van der Waals surface area contributed by atoms with Crippen LogP contribution in [0, 0.1) is 0 Å². The van der Waals surface area contributed by atoms with Crippen molar-refractivity contribution in [2.45, 2.75) is 19.7 Å². The van der Waals surface area contributed by atoms with E-state index in [0.29, 0.717) is 18.9 Å². The van der Waals surface area contributed by atoms with E-state index in [1.54, 1.807) is 6.07 Å². The van der Waals surface area contributed by atoms with Crippen molar-refractivity contribution < 1.29 is 9.15 Å². The van der Waals surface area contributed by atoms with E-state index in [1.165, 1.54) is 11.8 Å². The first-order chi connectivity index (χ1) is 14.3. The van der Waals surface area contributed by atoms with Crippen molar-refractivity contribution >= 4 is 0 Å². The second-order valence-electron chi connectivity index (χ2n) is 7.39. The van der Waals surface area contributed by atoms with Crippen molar-refractivity contribution in [1.82, 2.24) is 9.80 Å². The molecule has 0 radical (unpaired) electrons. The van der Waals surface area contributed by atoms with Gasteiger partial charge in [-0.25, -0.2) is 0 Å². The third-order valence-electron chi connectivity index (χ3n) is 5.18. The van der Waals surface area contributed by atoms with E-state index >= 15 is 0 Å². The van der Waals surface area contributed by atoms with Gasteiger partial charge in [0.05, 0.1) is 6.54 Å². The number of benzene rings is 2. The molecule has 0 N–H and O–H groups in total. The lowest BCUT2D eigenvalue weighted by atomic mass is 10.2. The summed E-state index contributed by atoms with van der Waals surface area (Å²) < 4.78 is 11.3. The van der Waals surface area contributed by atoms with Gasteiger partial charge in [0.1, 0.15) is 18.6 Å². The van der Waals surface area contributed by atoms with Crippen molar-refractivity contribution in [3.05, 3.63) is 100 Å². The Balaban J connectivity index is 1.27. The SMILES string of the molecule is O=c1cc(CN2CCN(Cc3ccccc3)CC2)occ1OCc1ccccc1. The van der Waals surface area contributed by atoms with Crippen LogP contribution in [-0.2, 0) is 19.7 Å². The molecule has 5 heteroatoms. The fourth-order valence-electron chi connectivity index (χ4n) is 3.53. The topological polar surface area (TPSA) is 45.9 Å². The summed E-state index contributed by atoms with van der Waals surface area (Å²) in [4.78, 5) is 17.1. The van der Waals surface area contributed by atoms with Gasteiger partial charge in [0.15, 0.2) is 0 Å². The minimum absolute atomic E-state index is 0.134. The molecule has 2 heterocycles. The Labute approximate surface area is 171 Å². The molecule has 0 aliphatic carbocycles. The van der Waals surface area contributed by atoms with Gasteiger partial charge < -0.3 is 9.15 Å². The minimum atomic E-state index is -0.134. The molecule has 1 aromatic heterocycles. The number of hydrogen-bond acceptors (Lipinski definition) is 5. The maximum Gasteiger partial charge on any atom is 0.227 e. The summed E-state index contributed by atoms with van der Waals surface area (Å²) >= 11 is 0. The van der Waals surface area contributed by atoms with E-state index in [-0.39, 0.29) is 11.2 Å². The van der Waals surface area contributed by atoms with Crippen molar-refractivity contribution in [3.63, 3.8) is 0 Å². The van der Waals surface area contributed by atoms with Crippen LogP contribution in [-0.4, -0.2) is 36.0 Å². The van der Waals surface area contributed by atoms with Gasteiger partial charge in [-0.05, 0) is 11.1 Å². The lowest BCUT2D eigenvalue weighted by Gasteiger charge is -2.34. The van der Waals surface area contributed by atoms with Crippen LogP contribution in [0.25, 0.3) is 0 Å². The molecule has 0 unspecified atom stereocenters. The lowest BCUT2D eigenvalue weighted by Crippen LogP contribution is -2.45. The monoisotopic (exact) mass is 390 g/mol. The number of ether oxygens (including phenoxy) is 1. The van der Waals surface area contributed by atoms with Gasteiger partial charge >= 0.3 is 0 Å². The molecule has 5 nitrogen and oxygen atoms in total. The van der Waals surface area contributed by atoms with Gasteiger partial charge in [-0.1, -0.05) is 60.7 Å². The zero-order chi connectivity index (χ0) is 19.9. The zero-order valence-corrected chi connectivity index (χ0v) is 16.5. The van der Waals surface area contributed by atoms with Crippen LogP contribution in [0.15, 0.2) is 82.2 Å². The minimum Gasteiger partial charge on any atom is -0.482 e. The summed E-state index contributed by atoms with van der Waals surface area (Å²) in [5.74, 6) is 0.934. The maximum atomic E-state index is 12.3. The van der Waals surface area contributed by atoms with E-state index in [0.717, 1.165) is 38.3 Å². The Bertz CT molecular complexity index is 949. The van der Waals surface area contributed by atoms with Gasteiger partial charge in [-0.2, -0.15) is 0 Å². The fourth-order valence-corrected chi connectivity index (χ4v) is 3.53. The Kier molecular flexibility index (Phi) is 6.39. The van der Waals surface area contributed by atoms with E-state index in [9.17, 15) is 4.79 Å². The van der Waals surface area contributed by atoms with E-state index in [2.05, 4.69) is 34.1 Å². The first kappa shape index (κ1) is 19.4. The van der Waals surface area contributed by atoms with E-state index in [4.69, 9.17) is 9.15 Å². The van der Waals surface area contributed by atoms with Gasteiger partial charge in [-0.3, -0.25) is 14.6 Å². The maximum absolute atomic E-state index is 12.3. The highest BCUT2D eigenvalue weighted by Gasteiger charge is 2.18. The molecular weight excluding hydrogens is 364 g/mol. The second kappa shape index (κ2) is 9.54. The van der Waals surface area contributed by atoms with Gasteiger partial charge in [0, 0.05) is 38.8 Å². The second-order valence-corrected chi connectivity index (χ2v) is 7.39. The van der Waals surface area contributed by atoms with Crippen molar-refractivity contribution in [1.29, 1.82) is 0 Å². The number of piperazine rings is 1. The number of nitrogens with zero attached hydrogens (tertiary/aromatic N) is 2. The first-order valence-corrected chi connectivity index (χ1v) is 10.0. The Hall–Kier alpha value is -2.89. The molecule has 1 saturated heterocycles. The highest BCUT2D eigenvalue weighted by molar-refractivity contribution is 5.20. The molecule has 4 rings (SSSR count). The third-order valence-corrected chi connectivity index (χ3v) is 5.18. The van der Waals surface area contributed by atoms with Gasteiger partial charge in [0.25, 0.3) is 0 Å². The van der Waals surface area contributed by atoms with Crippen LogP contribution in [0.3, 0.4) is 0 Å². The Morgan fingerprint density at radius 1 is 0.793 bits per heavy atom. The van der Waals surface area contributed by atoms with Crippen LogP contribution in [0.4, 0.5) is 0 Å². The normalized spacial score (nSPS) is 15.3. The molecule has 0 spiro atoms. The molecule has 29 heavy (non-hydrogen) atoms. The van der Waals surface area contributed by atoms with E-state index < -0.39 is 0 Å². The largest absolute Gasteiger partial charge is 0.482 e. The predicted molar refractivity (Wildman–Crippen MR) is 113 cm³/mol. The molecule has 2 aromatic carbocycles. The van der Waals surface area contributed by atoms with Crippen LogP contribution in [0.5, 0.6) is 5.75 Å². The highest BCUT2D eigenvalue weighted by Crippen LogP contribution is 2.13. The summed E-state index contributed by atoms with van der Waals surface area (Å²) in [6, 6.07) is 21.9. The molecule has 150 valence electrons. The van der Waals surface area contributed by atoms with Crippen molar-refractivity contribution in [2.24, 2.45) is 0 Å². The van der Waals surface area contributed by atoms with Gasteiger partial charge in [0.2, 0.25) is 11.2 Å². The van der Waals surface area contributed by atoms with Crippen LogP contribution in [0.1, 0.15) is 16.9 Å². The predicted octanol–water partition coefficient (Wildman–Crippen LogP) is 3.54. The van der Waals surface area contributed by atoms with Crippen LogP contribution >= 0.6 is 0 Å². The summed E-state index contributed by atoms with van der Waals surface area (Å²) in [7, 11) is 0. The first-order valence-electron chi connectivity index (χ1n) is 10.0. The average Bonchev–Trinajstić information content (AvgIpc) is 2.76. The Morgan fingerprint density at radius 3 is 2.00 bits per heavy atom. The summed E-state index contributed by atoms with van der Waals surface area (Å²) in [5.41, 5.74) is 2.23. The molecule has 1 fully saturated rings. The molecule has 3 aromatic rings. The fraction of sp³-hybridized carbons (Fsp3) is 0.292. The summed E-state index contributed by atoms with van der Waals surface area (Å²) in [6.45, 7) is 5.93. The number of hydrogen-bond donors (Lipinski definition) is 0. The smallest absolute Gasteiger partial charge is 0.227 e. The molecule has 0 bridgehead atoms. The molecule has 1 aliphatic heterocycles. The summed E-state index contributed by atoms with van der Waals surface area (Å²) in [5, 5.41) is 0. The third kappa shape index (κ3) is 5.56. The van der Waals surface area contributed by atoms with Crippen molar-refractivity contribution in [3.8, 4) is 5.75 Å². The Morgan fingerprint density at radius 2 is 1.38 bits per heavy atom. The standard InChI is InChI=1S/C24H26N2O3/c27-23-15-22(28-19-24(23)29-18-21-9-5-2-6-10-21)17-26-13-11-25(12-14-26)16-20-7-3-1-4-8-20/h1-10,15,19H,11-14,16-18H2. The molecule has 0 saturated carbocycles. The lowest BCUT2D eigenvalue weighted by molar-refractivity contribution is 0.115. The van der Waals surface area contributed by atoms with Crippen molar-refractivity contribution in [2.75, 3.05) is 26.2 Å². The quantitative estimate of drug-likeness (QED) is 0.618. The van der Waals surface area contributed by atoms with Crippen LogP contribution in [0.2, 0.25) is 0 Å². The van der Waals surface area contributed by atoms with Gasteiger partial charge in [-0.15, -0.1) is 0 Å².